The lowest BCUT2D eigenvalue weighted by atomic mass is 10.1. The van der Waals surface area contributed by atoms with Crippen LogP contribution in [0.25, 0.3) is 0 Å². The second-order valence-electron chi connectivity index (χ2n) is 4.68. The Hall–Kier alpha value is -2.11. The predicted octanol–water partition coefficient (Wildman–Crippen LogP) is 2.35. The fraction of sp³-hybridized carbons (Fsp3) is 0.467. The van der Waals surface area contributed by atoms with E-state index >= 15 is 0 Å². The van der Waals surface area contributed by atoms with Crippen LogP contribution in [-0.2, 0) is 9.59 Å². The van der Waals surface area contributed by atoms with Gasteiger partial charge in [-0.3, -0.25) is 9.59 Å². The maximum absolute atomic E-state index is 12.7. The molecule has 6 heteroatoms. The maximum Gasteiger partial charge on any atom is 0.305 e. The summed E-state index contributed by atoms with van der Waals surface area (Å²) in [4.78, 5) is 22.2. The van der Waals surface area contributed by atoms with Gasteiger partial charge >= 0.3 is 5.97 Å². The summed E-state index contributed by atoms with van der Waals surface area (Å²) < 4.78 is 18.0. The van der Waals surface area contributed by atoms with Crippen molar-refractivity contribution >= 4 is 11.9 Å². The van der Waals surface area contributed by atoms with Gasteiger partial charge in [-0.15, -0.1) is 0 Å². The van der Waals surface area contributed by atoms with E-state index in [0.29, 0.717) is 25.2 Å². The summed E-state index contributed by atoms with van der Waals surface area (Å²) in [6.07, 6.45) is 1.27. The van der Waals surface area contributed by atoms with Gasteiger partial charge in [-0.2, -0.15) is 0 Å². The smallest absolute Gasteiger partial charge is 0.305 e. The van der Waals surface area contributed by atoms with Gasteiger partial charge in [0.05, 0.1) is 13.0 Å². The number of nitrogens with one attached hydrogen (secondary N) is 1. The van der Waals surface area contributed by atoms with Crippen molar-refractivity contribution in [2.75, 3.05) is 6.61 Å². The van der Waals surface area contributed by atoms with Crippen molar-refractivity contribution in [1.29, 1.82) is 0 Å². The van der Waals surface area contributed by atoms with Crippen LogP contribution in [0, 0.1) is 5.82 Å². The third kappa shape index (κ3) is 7.29. The molecule has 5 nitrogen and oxygen atoms in total. The number of hydrogen-bond donors (Lipinski definition) is 2. The summed E-state index contributed by atoms with van der Waals surface area (Å²) in [5.74, 6) is -0.896. The normalized spacial score (nSPS) is 11.7. The average Bonchev–Trinajstić information content (AvgIpc) is 2.44. The Kier molecular flexibility index (Phi) is 7.21. The molecule has 1 rings (SSSR count). The minimum atomic E-state index is -0.929. The van der Waals surface area contributed by atoms with E-state index in [2.05, 4.69) is 5.32 Å². The molecule has 1 aromatic rings. The quantitative estimate of drug-likeness (QED) is 0.686. The van der Waals surface area contributed by atoms with E-state index in [1.807, 2.05) is 6.92 Å². The van der Waals surface area contributed by atoms with Gasteiger partial charge < -0.3 is 15.2 Å². The molecule has 0 aliphatic heterocycles. The van der Waals surface area contributed by atoms with Crippen LogP contribution in [-0.4, -0.2) is 29.6 Å². The molecule has 0 aliphatic carbocycles. The Labute approximate surface area is 123 Å². The van der Waals surface area contributed by atoms with Crippen molar-refractivity contribution < 1.29 is 23.8 Å². The van der Waals surface area contributed by atoms with Crippen molar-refractivity contribution in [3.8, 4) is 5.75 Å². The molecule has 2 N–H and O–H groups in total. The SMILES string of the molecule is CCC(CC(=O)O)NC(=O)CCCOc1ccc(F)cc1. The van der Waals surface area contributed by atoms with E-state index in [4.69, 9.17) is 9.84 Å². The first-order valence-electron chi connectivity index (χ1n) is 6.90. The van der Waals surface area contributed by atoms with E-state index in [-0.39, 0.29) is 30.6 Å². The first-order valence-corrected chi connectivity index (χ1v) is 6.90. The molecule has 0 fully saturated rings. The lowest BCUT2D eigenvalue weighted by molar-refractivity contribution is -0.137. The molecule has 0 aliphatic rings. The highest BCUT2D eigenvalue weighted by Gasteiger charge is 2.13. The fourth-order valence-corrected chi connectivity index (χ4v) is 1.76. The second kappa shape index (κ2) is 8.94. The third-order valence-electron chi connectivity index (χ3n) is 2.91. The van der Waals surface area contributed by atoms with Crippen molar-refractivity contribution in [3.05, 3.63) is 30.1 Å². The van der Waals surface area contributed by atoms with Crippen LogP contribution in [0.1, 0.15) is 32.6 Å². The summed E-state index contributed by atoms with van der Waals surface area (Å²) in [5, 5.41) is 11.4. The zero-order valence-corrected chi connectivity index (χ0v) is 12.0. The molecule has 116 valence electrons. The van der Waals surface area contributed by atoms with Gasteiger partial charge in [0.1, 0.15) is 11.6 Å². The van der Waals surface area contributed by atoms with Gasteiger partial charge in [0, 0.05) is 12.5 Å². The van der Waals surface area contributed by atoms with Gasteiger partial charge in [-0.25, -0.2) is 4.39 Å². The molecule has 0 bridgehead atoms. The Bertz CT molecular complexity index is 461. The highest BCUT2D eigenvalue weighted by molar-refractivity contribution is 5.77. The van der Waals surface area contributed by atoms with E-state index in [1.165, 1.54) is 24.3 Å². The van der Waals surface area contributed by atoms with Crippen LogP contribution in [0.2, 0.25) is 0 Å². The number of carboxylic acids is 1. The molecule has 0 saturated heterocycles. The molecule has 1 aromatic carbocycles. The van der Waals surface area contributed by atoms with Crippen molar-refractivity contribution in [2.45, 2.75) is 38.6 Å². The van der Waals surface area contributed by atoms with E-state index in [9.17, 15) is 14.0 Å². The minimum Gasteiger partial charge on any atom is -0.494 e. The zero-order valence-electron chi connectivity index (χ0n) is 12.0. The number of carbonyl (C=O) groups is 2. The number of ether oxygens (including phenoxy) is 1. The lowest BCUT2D eigenvalue weighted by Crippen LogP contribution is -2.36. The number of aliphatic carboxylic acids is 1. The number of hydrogen-bond acceptors (Lipinski definition) is 3. The Morgan fingerprint density at radius 3 is 2.57 bits per heavy atom. The number of carbonyl (C=O) groups excluding carboxylic acids is 1. The molecule has 1 atom stereocenters. The largest absolute Gasteiger partial charge is 0.494 e. The molecule has 21 heavy (non-hydrogen) atoms. The minimum absolute atomic E-state index is 0.0751. The standard InChI is InChI=1S/C15H20FNO4/c1-2-12(10-15(19)20)17-14(18)4-3-9-21-13-7-5-11(16)6-8-13/h5-8,12H,2-4,9-10H2,1H3,(H,17,18)(H,19,20). The van der Waals surface area contributed by atoms with Gasteiger partial charge in [0.25, 0.3) is 0 Å². The molecule has 1 amide bonds. The third-order valence-corrected chi connectivity index (χ3v) is 2.91. The molecule has 0 radical (unpaired) electrons. The summed E-state index contributed by atoms with van der Waals surface area (Å²) in [7, 11) is 0. The molecule has 0 heterocycles. The topological polar surface area (TPSA) is 75.6 Å². The summed E-state index contributed by atoms with van der Waals surface area (Å²) >= 11 is 0. The van der Waals surface area contributed by atoms with E-state index < -0.39 is 5.97 Å². The maximum atomic E-state index is 12.7. The molecular weight excluding hydrogens is 277 g/mol. The number of halogens is 1. The van der Waals surface area contributed by atoms with Crippen LogP contribution in [0.15, 0.2) is 24.3 Å². The zero-order chi connectivity index (χ0) is 15.7. The Balaban J connectivity index is 2.20. The van der Waals surface area contributed by atoms with Crippen LogP contribution in [0.5, 0.6) is 5.75 Å². The first-order chi connectivity index (χ1) is 10.0. The Morgan fingerprint density at radius 1 is 1.33 bits per heavy atom. The predicted molar refractivity (Wildman–Crippen MR) is 75.6 cm³/mol. The molecule has 0 spiro atoms. The lowest BCUT2D eigenvalue weighted by Gasteiger charge is -2.14. The van der Waals surface area contributed by atoms with Crippen molar-refractivity contribution in [1.82, 2.24) is 5.32 Å². The summed E-state index contributed by atoms with van der Waals surface area (Å²) in [5.41, 5.74) is 0. The van der Waals surface area contributed by atoms with Crippen LogP contribution in [0.4, 0.5) is 4.39 Å². The van der Waals surface area contributed by atoms with Gasteiger partial charge in [0.15, 0.2) is 0 Å². The number of benzene rings is 1. The highest BCUT2D eigenvalue weighted by atomic mass is 19.1. The van der Waals surface area contributed by atoms with Gasteiger partial charge in [0.2, 0.25) is 5.91 Å². The average molecular weight is 297 g/mol. The number of carboxylic acid groups (broad SMARTS) is 1. The molecular formula is C15H20FNO4. The molecule has 0 aromatic heterocycles. The van der Waals surface area contributed by atoms with Crippen LogP contribution in [0.3, 0.4) is 0 Å². The number of rotatable bonds is 9. The second-order valence-corrected chi connectivity index (χ2v) is 4.68. The molecule has 1 unspecified atom stereocenters. The van der Waals surface area contributed by atoms with Crippen molar-refractivity contribution in [3.63, 3.8) is 0 Å². The molecule has 0 saturated carbocycles. The van der Waals surface area contributed by atoms with E-state index in [1.54, 1.807) is 0 Å². The highest BCUT2D eigenvalue weighted by Crippen LogP contribution is 2.11. The first kappa shape index (κ1) is 16.9. The van der Waals surface area contributed by atoms with Crippen LogP contribution >= 0.6 is 0 Å². The Morgan fingerprint density at radius 2 is 2.00 bits per heavy atom. The summed E-state index contributed by atoms with van der Waals surface area (Å²) in [6.45, 7) is 2.17. The fourth-order valence-electron chi connectivity index (χ4n) is 1.76. The monoisotopic (exact) mass is 297 g/mol. The summed E-state index contributed by atoms with van der Waals surface area (Å²) in [6, 6.07) is 5.32. The van der Waals surface area contributed by atoms with E-state index in [0.717, 1.165) is 0 Å². The van der Waals surface area contributed by atoms with Crippen LogP contribution < -0.4 is 10.1 Å². The van der Waals surface area contributed by atoms with Crippen molar-refractivity contribution in [2.24, 2.45) is 0 Å². The van der Waals surface area contributed by atoms with Gasteiger partial charge in [-0.1, -0.05) is 6.92 Å². The number of amides is 1. The van der Waals surface area contributed by atoms with Gasteiger partial charge in [-0.05, 0) is 37.1 Å².